The van der Waals surface area contributed by atoms with Gasteiger partial charge in [-0.2, -0.15) is 0 Å². The summed E-state index contributed by atoms with van der Waals surface area (Å²) in [6.45, 7) is 6.91. The summed E-state index contributed by atoms with van der Waals surface area (Å²) in [5.74, 6) is -0.0871. The Kier molecular flexibility index (Phi) is 8.32. The molecule has 1 aliphatic heterocycles. The number of carbonyl (C=O) groups excluding carboxylic acids is 2. The van der Waals surface area contributed by atoms with E-state index in [4.69, 9.17) is 16.0 Å². The van der Waals surface area contributed by atoms with Crippen molar-refractivity contribution in [1.29, 1.82) is 0 Å². The van der Waals surface area contributed by atoms with Gasteiger partial charge < -0.3 is 20.4 Å². The van der Waals surface area contributed by atoms with Crippen molar-refractivity contribution in [3.8, 4) is 0 Å². The first-order valence-corrected chi connectivity index (χ1v) is 9.28. The van der Waals surface area contributed by atoms with Crippen molar-refractivity contribution >= 4 is 41.5 Å². The summed E-state index contributed by atoms with van der Waals surface area (Å²) >= 11 is 6.05. The van der Waals surface area contributed by atoms with Crippen LogP contribution in [-0.4, -0.2) is 56.0 Å². The Morgan fingerprint density at radius 3 is 2.61 bits per heavy atom. The van der Waals surface area contributed by atoms with Crippen LogP contribution in [0.5, 0.6) is 0 Å². The molecule has 9 heteroatoms. The van der Waals surface area contributed by atoms with E-state index < -0.39 is 0 Å². The highest BCUT2D eigenvalue weighted by Crippen LogP contribution is 2.22. The van der Waals surface area contributed by atoms with Crippen molar-refractivity contribution in [3.05, 3.63) is 52.4 Å². The van der Waals surface area contributed by atoms with Crippen LogP contribution >= 0.6 is 24.0 Å². The van der Waals surface area contributed by atoms with Gasteiger partial charge in [0.25, 0.3) is 11.8 Å². The molecule has 0 atom stereocenters. The number of amides is 2. The first-order chi connectivity index (χ1) is 13.0. The summed E-state index contributed by atoms with van der Waals surface area (Å²) < 4.78 is 5.16. The Morgan fingerprint density at radius 2 is 1.93 bits per heavy atom. The zero-order valence-corrected chi connectivity index (χ0v) is 17.2. The van der Waals surface area contributed by atoms with Gasteiger partial charge in [0.2, 0.25) is 0 Å². The lowest BCUT2D eigenvalue weighted by Crippen LogP contribution is -2.46. The standard InChI is InChI=1S/C19H23ClN4O3.ClH/c1-13-15(4-11-27-13)19(26)23-17-12-14(20)2-3-16(17)18(25)22-7-10-24-8-5-21-6-9-24;/h2-4,11-12,21H,5-10H2,1H3,(H,22,25)(H,23,26);1H. The number of hydrogen-bond donors (Lipinski definition) is 3. The molecule has 0 unspecified atom stereocenters. The molecule has 3 N–H and O–H groups in total. The summed E-state index contributed by atoms with van der Waals surface area (Å²) in [6, 6.07) is 6.40. The second kappa shape index (κ2) is 10.5. The summed E-state index contributed by atoms with van der Waals surface area (Å²) in [5.41, 5.74) is 1.15. The molecule has 1 aromatic carbocycles. The third-order valence-electron chi connectivity index (χ3n) is 4.50. The van der Waals surface area contributed by atoms with Gasteiger partial charge in [0.1, 0.15) is 5.76 Å². The average Bonchev–Trinajstić information content (AvgIpc) is 3.09. The summed E-state index contributed by atoms with van der Waals surface area (Å²) in [5, 5.41) is 9.40. The first-order valence-electron chi connectivity index (χ1n) is 8.91. The zero-order chi connectivity index (χ0) is 19.2. The lowest BCUT2D eigenvalue weighted by atomic mass is 10.1. The highest BCUT2D eigenvalue weighted by Gasteiger charge is 2.17. The molecule has 1 aliphatic rings. The van der Waals surface area contributed by atoms with Crippen molar-refractivity contribution in [3.63, 3.8) is 0 Å². The van der Waals surface area contributed by atoms with Crippen molar-refractivity contribution in [2.24, 2.45) is 0 Å². The zero-order valence-electron chi connectivity index (χ0n) is 15.6. The van der Waals surface area contributed by atoms with Crippen LogP contribution in [-0.2, 0) is 0 Å². The smallest absolute Gasteiger partial charge is 0.259 e. The molecule has 0 bridgehead atoms. The lowest BCUT2D eigenvalue weighted by Gasteiger charge is -2.27. The minimum Gasteiger partial charge on any atom is -0.469 e. The highest BCUT2D eigenvalue weighted by molar-refractivity contribution is 6.31. The highest BCUT2D eigenvalue weighted by atomic mass is 35.5. The first kappa shape index (κ1) is 22.2. The predicted octanol–water partition coefficient (Wildman–Crippen LogP) is 2.55. The van der Waals surface area contributed by atoms with Gasteiger partial charge in [-0.05, 0) is 31.2 Å². The maximum absolute atomic E-state index is 12.6. The number of hydrogen-bond acceptors (Lipinski definition) is 5. The van der Waals surface area contributed by atoms with Gasteiger partial charge in [-0.1, -0.05) is 11.6 Å². The third kappa shape index (κ3) is 5.72. The molecule has 0 radical (unpaired) electrons. The van der Waals surface area contributed by atoms with E-state index in [1.807, 2.05) is 0 Å². The Hall–Kier alpha value is -2.06. The normalized spacial score (nSPS) is 14.2. The van der Waals surface area contributed by atoms with E-state index in [-0.39, 0.29) is 24.2 Å². The van der Waals surface area contributed by atoms with E-state index in [1.54, 1.807) is 31.2 Å². The van der Waals surface area contributed by atoms with Crippen LogP contribution < -0.4 is 16.0 Å². The van der Waals surface area contributed by atoms with Crippen LogP contribution in [0, 0.1) is 6.92 Å². The van der Waals surface area contributed by atoms with E-state index in [0.29, 0.717) is 34.1 Å². The maximum atomic E-state index is 12.6. The van der Waals surface area contributed by atoms with Crippen LogP contribution in [0.25, 0.3) is 0 Å². The van der Waals surface area contributed by atoms with Crippen LogP contribution in [0.2, 0.25) is 5.02 Å². The molecule has 3 rings (SSSR count). The fourth-order valence-corrected chi connectivity index (χ4v) is 3.16. The number of halogens is 2. The molecule has 2 heterocycles. The molecule has 0 aliphatic carbocycles. The molecule has 2 aromatic rings. The fraction of sp³-hybridized carbons (Fsp3) is 0.368. The van der Waals surface area contributed by atoms with Crippen molar-refractivity contribution < 1.29 is 14.0 Å². The number of carbonyl (C=O) groups is 2. The van der Waals surface area contributed by atoms with Crippen LogP contribution in [0.3, 0.4) is 0 Å². The predicted molar refractivity (Wildman–Crippen MR) is 112 cm³/mol. The van der Waals surface area contributed by atoms with Crippen molar-refractivity contribution in [2.75, 3.05) is 44.6 Å². The van der Waals surface area contributed by atoms with Gasteiger partial charge in [-0.3, -0.25) is 14.5 Å². The number of benzene rings is 1. The summed E-state index contributed by atoms with van der Waals surface area (Å²) in [6.07, 6.45) is 1.45. The third-order valence-corrected chi connectivity index (χ3v) is 4.74. The van der Waals surface area contributed by atoms with Crippen molar-refractivity contribution in [2.45, 2.75) is 6.92 Å². The number of anilines is 1. The average molecular weight is 427 g/mol. The fourth-order valence-electron chi connectivity index (χ4n) is 2.99. The van der Waals surface area contributed by atoms with Gasteiger partial charge >= 0.3 is 0 Å². The van der Waals surface area contributed by atoms with Crippen LogP contribution in [0.4, 0.5) is 5.69 Å². The largest absolute Gasteiger partial charge is 0.469 e. The molecular formula is C19H24Cl2N4O3. The monoisotopic (exact) mass is 426 g/mol. The Bertz CT molecular complexity index is 819. The molecule has 0 spiro atoms. The Labute approximate surface area is 175 Å². The molecule has 1 aromatic heterocycles. The van der Waals surface area contributed by atoms with Gasteiger partial charge in [0, 0.05) is 44.3 Å². The number of aryl methyl sites for hydroxylation is 1. The molecule has 2 amide bonds. The number of nitrogens with zero attached hydrogens (tertiary/aromatic N) is 1. The van der Waals surface area contributed by atoms with Crippen LogP contribution in [0.1, 0.15) is 26.5 Å². The summed E-state index contributed by atoms with van der Waals surface area (Å²) in [7, 11) is 0. The topological polar surface area (TPSA) is 86.6 Å². The minimum atomic E-state index is -0.349. The SMILES string of the molecule is Cc1occc1C(=O)Nc1cc(Cl)ccc1C(=O)NCCN1CCNCC1.Cl. The van der Waals surface area contributed by atoms with Gasteiger partial charge in [0.15, 0.2) is 0 Å². The van der Waals surface area contributed by atoms with Crippen molar-refractivity contribution in [1.82, 2.24) is 15.5 Å². The van der Waals surface area contributed by atoms with Gasteiger partial charge in [-0.15, -0.1) is 12.4 Å². The Balaban J connectivity index is 0.00000280. The van der Waals surface area contributed by atoms with E-state index in [2.05, 4.69) is 20.9 Å². The molecule has 1 fully saturated rings. The number of furan rings is 1. The molecular weight excluding hydrogens is 403 g/mol. The maximum Gasteiger partial charge on any atom is 0.259 e. The van der Waals surface area contributed by atoms with Gasteiger partial charge in [0.05, 0.1) is 23.1 Å². The number of piperazine rings is 1. The van der Waals surface area contributed by atoms with E-state index in [1.165, 1.54) is 6.26 Å². The lowest BCUT2D eigenvalue weighted by molar-refractivity contribution is 0.0948. The molecule has 28 heavy (non-hydrogen) atoms. The van der Waals surface area contributed by atoms with Crippen LogP contribution in [0.15, 0.2) is 34.9 Å². The van der Waals surface area contributed by atoms with Gasteiger partial charge in [-0.25, -0.2) is 0 Å². The van der Waals surface area contributed by atoms with E-state index >= 15 is 0 Å². The molecule has 152 valence electrons. The molecule has 1 saturated heterocycles. The quantitative estimate of drug-likeness (QED) is 0.660. The number of nitrogens with one attached hydrogen (secondary N) is 3. The van der Waals surface area contributed by atoms with E-state index in [0.717, 1.165) is 32.7 Å². The second-order valence-corrected chi connectivity index (χ2v) is 6.82. The Morgan fingerprint density at radius 1 is 1.18 bits per heavy atom. The summed E-state index contributed by atoms with van der Waals surface area (Å²) in [4.78, 5) is 27.3. The minimum absolute atomic E-state index is 0. The molecule has 7 nitrogen and oxygen atoms in total. The second-order valence-electron chi connectivity index (χ2n) is 6.38. The van der Waals surface area contributed by atoms with E-state index in [9.17, 15) is 9.59 Å². The number of rotatable bonds is 6. The molecule has 0 saturated carbocycles.